The number of nitrogens with one attached hydrogen (secondary N) is 1. The highest BCUT2D eigenvalue weighted by molar-refractivity contribution is 7.80. The van der Waals surface area contributed by atoms with Crippen LogP contribution in [0.3, 0.4) is 0 Å². The Balaban J connectivity index is 2.08. The molecule has 2 aromatic rings. The van der Waals surface area contributed by atoms with Gasteiger partial charge in [-0.3, -0.25) is 14.9 Å². The number of amides is 2. The Morgan fingerprint density at radius 1 is 1.20 bits per heavy atom. The molecule has 25 heavy (non-hydrogen) atoms. The summed E-state index contributed by atoms with van der Waals surface area (Å²) in [5.74, 6) is -0.0783. The number of ether oxygens (including phenoxy) is 2. The lowest BCUT2D eigenvalue weighted by atomic mass is 10.1. The van der Waals surface area contributed by atoms with Crippen molar-refractivity contribution in [3.63, 3.8) is 0 Å². The maximum atomic E-state index is 13.0. The third kappa shape index (κ3) is 3.26. The molecule has 2 amide bonds. The lowest BCUT2D eigenvalue weighted by molar-refractivity contribution is -0.122. The normalized spacial score (nSPS) is 16.2. The van der Waals surface area contributed by atoms with E-state index < -0.39 is 11.8 Å². The van der Waals surface area contributed by atoms with Gasteiger partial charge in [0.1, 0.15) is 17.1 Å². The van der Waals surface area contributed by atoms with Crippen LogP contribution in [0, 0.1) is 0 Å². The van der Waals surface area contributed by atoms with Gasteiger partial charge >= 0.3 is 0 Å². The molecule has 0 saturated carbocycles. The number of thiophene rings is 1. The first kappa shape index (κ1) is 17.1. The average Bonchev–Trinajstić information content (AvgIpc) is 3.11. The largest absolute Gasteiger partial charge is 0.497 e. The van der Waals surface area contributed by atoms with E-state index in [1.807, 2.05) is 17.5 Å². The number of benzene rings is 1. The van der Waals surface area contributed by atoms with E-state index in [1.54, 1.807) is 24.3 Å². The van der Waals surface area contributed by atoms with Crippen LogP contribution in [0.2, 0.25) is 0 Å². The fourth-order valence-corrected chi connectivity index (χ4v) is 3.29. The van der Waals surface area contributed by atoms with E-state index in [-0.39, 0.29) is 10.7 Å². The molecule has 1 aliphatic rings. The van der Waals surface area contributed by atoms with Crippen molar-refractivity contribution in [1.29, 1.82) is 0 Å². The van der Waals surface area contributed by atoms with Crippen LogP contribution in [0.5, 0.6) is 11.5 Å². The van der Waals surface area contributed by atoms with Gasteiger partial charge in [0.2, 0.25) is 0 Å². The highest BCUT2D eigenvalue weighted by atomic mass is 32.1. The third-order valence-corrected chi connectivity index (χ3v) is 4.66. The van der Waals surface area contributed by atoms with Gasteiger partial charge in [-0.15, -0.1) is 11.3 Å². The van der Waals surface area contributed by atoms with E-state index in [4.69, 9.17) is 21.7 Å². The molecule has 1 aliphatic heterocycles. The van der Waals surface area contributed by atoms with Crippen LogP contribution in [-0.4, -0.2) is 31.1 Å². The summed E-state index contributed by atoms with van der Waals surface area (Å²) in [7, 11) is 3.01. The first-order valence-corrected chi connectivity index (χ1v) is 8.51. The molecule has 8 heteroatoms. The van der Waals surface area contributed by atoms with Crippen molar-refractivity contribution in [2.24, 2.45) is 0 Å². The van der Waals surface area contributed by atoms with Crippen LogP contribution in [0.4, 0.5) is 5.69 Å². The Kier molecular flexibility index (Phi) is 4.82. The molecule has 0 spiro atoms. The number of hydrogen-bond acceptors (Lipinski definition) is 6. The van der Waals surface area contributed by atoms with Gasteiger partial charge < -0.3 is 9.47 Å². The van der Waals surface area contributed by atoms with Crippen LogP contribution in [-0.2, 0) is 9.59 Å². The van der Waals surface area contributed by atoms with E-state index in [9.17, 15) is 9.59 Å². The van der Waals surface area contributed by atoms with Gasteiger partial charge in [-0.05, 0) is 41.9 Å². The monoisotopic (exact) mass is 374 g/mol. The maximum Gasteiger partial charge on any atom is 0.270 e. The van der Waals surface area contributed by atoms with Crippen LogP contribution in [0.15, 0.2) is 41.3 Å². The number of anilines is 1. The molecular weight excluding hydrogens is 360 g/mol. The minimum absolute atomic E-state index is 0.000855. The summed E-state index contributed by atoms with van der Waals surface area (Å²) < 4.78 is 10.5. The van der Waals surface area contributed by atoms with Gasteiger partial charge in [0.05, 0.1) is 19.9 Å². The van der Waals surface area contributed by atoms with Crippen molar-refractivity contribution in [1.82, 2.24) is 5.32 Å². The zero-order chi connectivity index (χ0) is 18.0. The number of hydrogen-bond donors (Lipinski definition) is 1. The van der Waals surface area contributed by atoms with Gasteiger partial charge in [0.15, 0.2) is 5.11 Å². The van der Waals surface area contributed by atoms with Crippen molar-refractivity contribution in [2.75, 3.05) is 19.1 Å². The minimum atomic E-state index is -0.526. The molecule has 3 rings (SSSR count). The van der Waals surface area contributed by atoms with Gasteiger partial charge in [0.25, 0.3) is 11.8 Å². The number of carbonyl (C=O) groups excluding carboxylic acids is 2. The van der Waals surface area contributed by atoms with Crippen molar-refractivity contribution < 1.29 is 19.1 Å². The van der Waals surface area contributed by atoms with Crippen LogP contribution >= 0.6 is 23.6 Å². The molecule has 0 unspecified atom stereocenters. The summed E-state index contributed by atoms with van der Waals surface area (Å²) in [5.41, 5.74) is 0.398. The second-order valence-corrected chi connectivity index (χ2v) is 6.38. The number of thiocarbonyl (C=S) groups is 1. The Morgan fingerprint density at radius 2 is 2.00 bits per heavy atom. The Morgan fingerprint density at radius 3 is 2.64 bits per heavy atom. The molecule has 128 valence electrons. The average molecular weight is 374 g/mol. The molecule has 6 nitrogen and oxygen atoms in total. The van der Waals surface area contributed by atoms with Gasteiger partial charge in [0, 0.05) is 10.9 Å². The lowest BCUT2D eigenvalue weighted by Gasteiger charge is -2.30. The molecule has 1 aromatic heterocycles. The molecule has 2 heterocycles. The molecule has 0 bridgehead atoms. The van der Waals surface area contributed by atoms with Gasteiger partial charge in [-0.1, -0.05) is 6.07 Å². The summed E-state index contributed by atoms with van der Waals surface area (Å²) in [5, 5.41) is 4.40. The Labute approximate surface area is 153 Å². The topological polar surface area (TPSA) is 67.9 Å². The minimum Gasteiger partial charge on any atom is -0.497 e. The molecule has 0 atom stereocenters. The summed E-state index contributed by atoms with van der Waals surface area (Å²) in [6, 6.07) is 8.67. The second kappa shape index (κ2) is 7.04. The summed E-state index contributed by atoms with van der Waals surface area (Å²) in [6.45, 7) is 0. The zero-order valence-electron chi connectivity index (χ0n) is 13.4. The van der Waals surface area contributed by atoms with E-state index in [1.165, 1.54) is 30.5 Å². The smallest absolute Gasteiger partial charge is 0.270 e. The van der Waals surface area contributed by atoms with Crippen molar-refractivity contribution in [3.8, 4) is 11.5 Å². The first-order valence-electron chi connectivity index (χ1n) is 7.22. The van der Waals surface area contributed by atoms with Crippen molar-refractivity contribution in [3.05, 3.63) is 46.2 Å². The molecule has 0 aliphatic carbocycles. The van der Waals surface area contributed by atoms with Crippen LogP contribution in [0.1, 0.15) is 4.88 Å². The predicted molar refractivity (Wildman–Crippen MR) is 100 cm³/mol. The van der Waals surface area contributed by atoms with Crippen molar-refractivity contribution in [2.45, 2.75) is 0 Å². The highest BCUT2D eigenvalue weighted by Crippen LogP contribution is 2.34. The standard InChI is InChI=1S/C17H14N2O4S2/c1-22-10-5-6-14(23-2)13(8-10)19-16(21)12(15(20)18-17(19)24)9-11-4-3-7-25-11/h3-9H,1-2H3,(H,18,20,24)/b12-9+. The Bertz CT molecular complexity index is 875. The van der Waals surface area contributed by atoms with Gasteiger partial charge in [-0.25, -0.2) is 4.90 Å². The maximum absolute atomic E-state index is 13.0. The van der Waals surface area contributed by atoms with E-state index in [2.05, 4.69) is 5.32 Å². The fraction of sp³-hybridized carbons (Fsp3) is 0.118. The molecule has 1 fully saturated rings. The predicted octanol–water partition coefficient (Wildman–Crippen LogP) is 2.60. The van der Waals surface area contributed by atoms with E-state index in [0.29, 0.717) is 17.2 Å². The molecular formula is C17H14N2O4S2. The summed E-state index contributed by atoms with van der Waals surface area (Å²) in [4.78, 5) is 27.2. The third-order valence-electron chi connectivity index (χ3n) is 3.56. The second-order valence-electron chi connectivity index (χ2n) is 5.01. The summed E-state index contributed by atoms with van der Waals surface area (Å²) >= 11 is 6.63. The molecule has 1 N–H and O–H groups in total. The van der Waals surface area contributed by atoms with Gasteiger partial charge in [-0.2, -0.15) is 0 Å². The Hall–Kier alpha value is -2.71. The zero-order valence-corrected chi connectivity index (χ0v) is 15.1. The van der Waals surface area contributed by atoms with Crippen molar-refractivity contribution >= 4 is 52.2 Å². The number of carbonyl (C=O) groups is 2. The lowest BCUT2D eigenvalue weighted by Crippen LogP contribution is -2.54. The molecule has 1 saturated heterocycles. The van der Waals surface area contributed by atoms with E-state index >= 15 is 0 Å². The van der Waals surface area contributed by atoms with E-state index in [0.717, 1.165) is 4.88 Å². The van der Waals surface area contributed by atoms with Crippen LogP contribution < -0.4 is 19.7 Å². The highest BCUT2D eigenvalue weighted by Gasteiger charge is 2.36. The summed E-state index contributed by atoms with van der Waals surface area (Å²) in [6.07, 6.45) is 1.55. The number of nitrogens with zero attached hydrogens (tertiary/aromatic N) is 1. The number of rotatable bonds is 4. The number of methoxy groups -OCH3 is 2. The molecule has 1 aromatic carbocycles. The molecule has 0 radical (unpaired) electrons. The fourth-order valence-electron chi connectivity index (χ4n) is 2.36. The first-order chi connectivity index (χ1) is 12.0. The SMILES string of the molecule is COc1ccc(OC)c(N2C(=O)/C(=C/c3cccs3)C(=O)NC2=S)c1. The van der Waals surface area contributed by atoms with Crippen LogP contribution in [0.25, 0.3) is 6.08 Å². The quantitative estimate of drug-likeness (QED) is 0.506.